The maximum atomic E-state index is 11.6. The molecular weight excluding hydrogens is 249 g/mol. The zero-order valence-electron chi connectivity index (χ0n) is 8.33. The van der Waals surface area contributed by atoms with E-state index in [2.05, 4.69) is 10.3 Å². The molecule has 1 N–H and O–H groups in total. The van der Waals surface area contributed by atoms with Gasteiger partial charge in [0.1, 0.15) is 10.3 Å². The van der Waals surface area contributed by atoms with E-state index in [4.69, 9.17) is 28.5 Å². The lowest BCUT2D eigenvalue weighted by atomic mass is 10.2. The van der Waals surface area contributed by atoms with Crippen LogP contribution >= 0.6 is 23.2 Å². The smallest absolute Gasteiger partial charge is 0.251 e. The first-order valence-corrected chi connectivity index (χ1v) is 5.37. The maximum Gasteiger partial charge on any atom is 0.251 e. The number of hydrogen-bond acceptors (Lipinski definition) is 3. The van der Waals surface area contributed by atoms with Crippen LogP contribution in [0.5, 0.6) is 0 Å². The number of rotatable bonds is 4. The number of carbonyl (C=O) groups is 1. The number of hydrogen-bond donors (Lipinski definition) is 1. The normalized spacial score (nSPS) is 9.56. The van der Waals surface area contributed by atoms with E-state index in [1.165, 1.54) is 12.1 Å². The summed E-state index contributed by atoms with van der Waals surface area (Å²) in [7, 11) is 0. The van der Waals surface area contributed by atoms with E-state index in [-0.39, 0.29) is 16.2 Å². The molecule has 0 unspecified atom stereocenters. The second kappa shape index (κ2) is 6.31. The number of carbonyl (C=O) groups excluding carboxylic acids is 1. The molecule has 1 rings (SSSR count). The molecule has 0 saturated heterocycles. The molecule has 0 aliphatic rings. The van der Waals surface area contributed by atoms with Crippen molar-refractivity contribution in [2.24, 2.45) is 0 Å². The number of nitrogens with zero attached hydrogens (tertiary/aromatic N) is 2. The van der Waals surface area contributed by atoms with Crippen molar-refractivity contribution >= 4 is 29.1 Å². The van der Waals surface area contributed by atoms with Gasteiger partial charge in [-0.25, -0.2) is 4.98 Å². The first kappa shape index (κ1) is 12.8. The van der Waals surface area contributed by atoms with Crippen molar-refractivity contribution in [2.75, 3.05) is 6.54 Å². The highest BCUT2D eigenvalue weighted by atomic mass is 35.5. The second-order valence-corrected chi connectivity index (χ2v) is 3.79. The summed E-state index contributed by atoms with van der Waals surface area (Å²) in [5.41, 5.74) is 0.363. The van der Waals surface area contributed by atoms with Crippen molar-refractivity contribution in [3.8, 4) is 6.07 Å². The number of nitrogens with one attached hydrogen (secondary N) is 1. The number of amides is 1. The van der Waals surface area contributed by atoms with Crippen molar-refractivity contribution < 1.29 is 4.79 Å². The summed E-state index contributed by atoms with van der Waals surface area (Å²) in [6, 6.07) is 4.87. The highest BCUT2D eigenvalue weighted by Gasteiger charge is 2.07. The molecule has 0 aliphatic carbocycles. The molecule has 1 aromatic heterocycles. The summed E-state index contributed by atoms with van der Waals surface area (Å²) in [5.74, 6) is -0.274. The van der Waals surface area contributed by atoms with Gasteiger partial charge in [0, 0.05) is 18.5 Å². The van der Waals surface area contributed by atoms with Gasteiger partial charge in [0.2, 0.25) is 0 Å². The van der Waals surface area contributed by atoms with E-state index in [0.717, 1.165) is 0 Å². The van der Waals surface area contributed by atoms with E-state index < -0.39 is 0 Å². The molecule has 0 saturated carbocycles. The van der Waals surface area contributed by atoms with Gasteiger partial charge >= 0.3 is 0 Å². The Hall–Kier alpha value is -1.31. The van der Waals surface area contributed by atoms with Crippen molar-refractivity contribution in [3.63, 3.8) is 0 Å². The minimum absolute atomic E-state index is 0.176. The Morgan fingerprint density at radius 3 is 2.62 bits per heavy atom. The predicted octanol–water partition coefficient (Wildman–Crippen LogP) is 2.42. The molecule has 0 atom stereocenters. The van der Waals surface area contributed by atoms with E-state index in [0.29, 0.717) is 24.9 Å². The van der Waals surface area contributed by atoms with Crippen LogP contribution in [0.25, 0.3) is 0 Å². The third-order valence-electron chi connectivity index (χ3n) is 1.78. The van der Waals surface area contributed by atoms with Gasteiger partial charge in [-0.1, -0.05) is 23.2 Å². The van der Waals surface area contributed by atoms with Crippen LogP contribution in [0.15, 0.2) is 12.1 Å². The zero-order valence-corrected chi connectivity index (χ0v) is 9.85. The second-order valence-electron chi connectivity index (χ2n) is 3.02. The van der Waals surface area contributed by atoms with Gasteiger partial charge < -0.3 is 5.32 Å². The van der Waals surface area contributed by atoms with E-state index in [1.807, 2.05) is 6.07 Å². The fourth-order valence-electron chi connectivity index (χ4n) is 1.07. The van der Waals surface area contributed by atoms with Crippen LogP contribution in [0.2, 0.25) is 10.3 Å². The fourth-order valence-corrected chi connectivity index (χ4v) is 1.53. The minimum Gasteiger partial charge on any atom is -0.352 e. The summed E-state index contributed by atoms with van der Waals surface area (Å²) >= 11 is 11.3. The Labute approximate surface area is 103 Å². The van der Waals surface area contributed by atoms with Crippen molar-refractivity contribution in [1.82, 2.24) is 10.3 Å². The average molecular weight is 258 g/mol. The average Bonchev–Trinajstić information content (AvgIpc) is 2.22. The van der Waals surface area contributed by atoms with Crippen LogP contribution in [0, 0.1) is 11.3 Å². The largest absolute Gasteiger partial charge is 0.352 e. The van der Waals surface area contributed by atoms with Gasteiger partial charge in [-0.05, 0) is 18.6 Å². The summed E-state index contributed by atoms with van der Waals surface area (Å²) in [4.78, 5) is 15.3. The van der Waals surface area contributed by atoms with Crippen molar-refractivity contribution in [3.05, 3.63) is 28.0 Å². The van der Waals surface area contributed by atoms with Crippen LogP contribution in [0.3, 0.4) is 0 Å². The van der Waals surface area contributed by atoms with Gasteiger partial charge in [0.15, 0.2) is 0 Å². The Morgan fingerprint density at radius 1 is 1.44 bits per heavy atom. The molecule has 4 nitrogen and oxygen atoms in total. The molecule has 0 aromatic carbocycles. The topological polar surface area (TPSA) is 65.8 Å². The first-order chi connectivity index (χ1) is 7.63. The molecule has 0 spiro atoms. The fraction of sp³-hybridized carbons (Fsp3) is 0.300. The Bertz CT molecular complexity index is 408. The van der Waals surface area contributed by atoms with Gasteiger partial charge in [0.25, 0.3) is 5.91 Å². The molecule has 0 radical (unpaired) electrons. The number of nitriles is 1. The van der Waals surface area contributed by atoms with E-state index in [1.54, 1.807) is 0 Å². The summed E-state index contributed by atoms with van der Waals surface area (Å²) < 4.78 is 0. The number of halogens is 2. The SMILES string of the molecule is N#CCCCNC(=O)c1cc(Cl)nc(Cl)c1. The molecule has 84 valence electrons. The van der Waals surface area contributed by atoms with Crippen molar-refractivity contribution in [2.45, 2.75) is 12.8 Å². The number of pyridine rings is 1. The highest BCUT2D eigenvalue weighted by Crippen LogP contribution is 2.14. The number of unbranched alkanes of at least 4 members (excludes halogenated alkanes) is 1. The quantitative estimate of drug-likeness (QED) is 0.666. The summed E-state index contributed by atoms with van der Waals surface area (Å²) in [5, 5.41) is 11.3. The molecule has 1 heterocycles. The predicted molar refractivity (Wildman–Crippen MR) is 61.4 cm³/mol. The standard InChI is InChI=1S/C10H9Cl2N3O/c11-8-5-7(6-9(12)15-8)10(16)14-4-2-1-3-13/h5-6H,1-2,4H2,(H,14,16). The molecule has 0 fully saturated rings. The molecule has 16 heavy (non-hydrogen) atoms. The van der Waals surface area contributed by atoms with Gasteiger partial charge in [-0.3, -0.25) is 4.79 Å². The first-order valence-electron chi connectivity index (χ1n) is 4.61. The Balaban J connectivity index is 2.56. The summed E-state index contributed by atoms with van der Waals surface area (Å²) in [6.45, 7) is 0.448. The third-order valence-corrected chi connectivity index (χ3v) is 2.16. The molecule has 0 aliphatic heterocycles. The third kappa shape index (κ3) is 4.05. The van der Waals surface area contributed by atoms with Gasteiger partial charge in [-0.2, -0.15) is 5.26 Å². The minimum atomic E-state index is -0.274. The molecule has 1 aromatic rings. The molecular formula is C10H9Cl2N3O. The van der Waals surface area contributed by atoms with Gasteiger partial charge in [-0.15, -0.1) is 0 Å². The van der Waals surface area contributed by atoms with E-state index >= 15 is 0 Å². The lowest BCUT2D eigenvalue weighted by molar-refractivity contribution is 0.0953. The van der Waals surface area contributed by atoms with Crippen LogP contribution in [-0.2, 0) is 0 Å². The van der Waals surface area contributed by atoms with Crippen LogP contribution in [0.1, 0.15) is 23.2 Å². The van der Waals surface area contributed by atoms with Crippen LogP contribution < -0.4 is 5.32 Å². The monoisotopic (exact) mass is 257 g/mol. The molecule has 0 bridgehead atoms. The highest BCUT2D eigenvalue weighted by molar-refractivity contribution is 6.33. The zero-order chi connectivity index (χ0) is 12.0. The Morgan fingerprint density at radius 2 is 2.06 bits per heavy atom. The Kier molecular flexibility index (Phi) is 5.03. The molecule has 6 heteroatoms. The molecule has 1 amide bonds. The van der Waals surface area contributed by atoms with Gasteiger partial charge in [0.05, 0.1) is 6.07 Å². The lowest BCUT2D eigenvalue weighted by Crippen LogP contribution is -2.24. The lowest BCUT2D eigenvalue weighted by Gasteiger charge is -2.04. The van der Waals surface area contributed by atoms with Crippen LogP contribution in [0.4, 0.5) is 0 Å². The van der Waals surface area contributed by atoms with Crippen molar-refractivity contribution in [1.29, 1.82) is 5.26 Å². The van der Waals surface area contributed by atoms with Crippen LogP contribution in [-0.4, -0.2) is 17.4 Å². The number of aromatic nitrogens is 1. The van der Waals surface area contributed by atoms with E-state index in [9.17, 15) is 4.79 Å². The maximum absolute atomic E-state index is 11.6. The summed E-state index contributed by atoms with van der Waals surface area (Å²) in [6.07, 6.45) is 1.03.